The summed E-state index contributed by atoms with van der Waals surface area (Å²) < 4.78 is 37.0. The van der Waals surface area contributed by atoms with E-state index in [0.29, 0.717) is 13.1 Å². The maximum atomic E-state index is 12.6. The Morgan fingerprint density at radius 2 is 1.83 bits per heavy atom. The number of nitrogens with zero attached hydrogens (tertiary/aromatic N) is 2. The largest absolute Gasteiger partial charge is 0.493 e. The zero-order chi connectivity index (χ0) is 22.3. The predicted molar refractivity (Wildman–Crippen MR) is 110 cm³/mol. The number of non-ortho nitro benzene ring substituents is 1. The summed E-state index contributed by atoms with van der Waals surface area (Å²) in [5, 5.41) is 13.5. The number of hydrogen-bond donors (Lipinski definition) is 1. The fraction of sp³-hybridized carbons (Fsp3) is 0.316. The van der Waals surface area contributed by atoms with Crippen molar-refractivity contribution in [3.8, 4) is 11.5 Å². The van der Waals surface area contributed by atoms with E-state index in [1.165, 1.54) is 41.7 Å². The third-order valence-corrected chi connectivity index (χ3v) is 6.22. The summed E-state index contributed by atoms with van der Waals surface area (Å²) in [4.78, 5) is 22.6. The Labute approximate surface area is 174 Å². The Balaban J connectivity index is 2.11. The van der Waals surface area contributed by atoms with Crippen LogP contribution in [-0.4, -0.2) is 50.4 Å². The molecule has 10 nitrogen and oxygen atoms in total. The van der Waals surface area contributed by atoms with E-state index < -0.39 is 27.5 Å². The van der Waals surface area contributed by atoms with Gasteiger partial charge in [0.15, 0.2) is 18.1 Å². The van der Waals surface area contributed by atoms with Crippen LogP contribution in [0.3, 0.4) is 0 Å². The number of benzene rings is 2. The number of carbonyl (C=O) groups is 1. The van der Waals surface area contributed by atoms with Gasteiger partial charge in [-0.2, -0.15) is 4.31 Å². The predicted octanol–water partition coefficient (Wildman–Crippen LogP) is 2.65. The summed E-state index contributed by atoms with van der Waals surface area (Å²) in [6.07, 6.45) is 0. The molecular weight excluding hydrogens is 414 g/mol. The molecular formula is C19H23N3O7S. The number of methoxy groups -OCH3 is 1. The molecule has 2 rings (SSSR count). The maximum absolute atomic E-state index is 12.6. The molecule has 11 heteroatoms. The second-order valence-corrected chi connectivity index (χ2v) is 7.98. The molecule has 2 aromatic rings. The fourth-order valence-electron chi connectivity index (χ4n) is 2.68. The van der Waals surface area contributed by atoms with Gasteiger partial charge < -0.3 is 14.8 Å². The van der Waals surface area contributed by atoms with Crippen molar-refractivity contribution in [2.75, 3.05) is 32.1 Å². The number of rotatable bonds is 10. The average molecular weight is 437 g/mol. The Morgan fingerprint density at radius 3 is 2.43 bits per heavy atom. The second-order valence-electron chi connectivity index (χ2n) is 6.05. The van der Waals surface area contributed by atoms with Gasteiger partial charge in [-0.3, -0.25) is 14.9 Å². The van der Waals surface area contributed by atoms with Gasteiger partial charge in [-0.25, -0.2) is 8.42 Å². The lowest BCUT2D eigenvalue weighted by Crippen LogP contribution is -2.30. The zero-order valence-electron chi connectivity index (χ0n) is 16.8. The van der Waals surface area contributed by atoms with E-state index in [4.69, 9.17) is 9.47 Å². The van der Waals surface area contributed by atoms with Crippen LogP contribution in [0.1, 0.15) is 13.8 Å². The van der Waals surface area contributed by atoms with Gasteiger partial charge in [0.2, 0.25) is 10.0 Å². The summed E-state index contributed by atoms with van der Waals surface area (Å²) in [6, 6.07) is 9.67. The summed E-state index contributed by atoms with van der Waals surface area (Å²) in [5.41, 5.74) is 0.0726. The van der Waals surface area contributed by atoms with Gasteiger partial charge in [-0.15, -0.1) is 0 Å². The fourth-order valence-corrected chi connectivity index (χ4v) is 4.18. The van der Waals surface area contributed by atoms with Crippen molar-refractivity contribution in [2.24, 2.45) is 0 Å². The highest BCUT2D eigenvalue weighted by Crippen LogP contribution is 2.31. The molecule has 0 saturated carbocycles. The molecule has 30 heavy (non-hydrogen) atoms. The van der Waals surface area contributed by atoms with Crippen LogP contribution in [0.25, 0.3) is 0 Å². The van der Waals surface area contributed by atoms with Crippen molar-refractivity contribution in [3.05, 3.63) is 52.6 Å². The number of ether oxygens (including phenoxy) is 2. The topological polar surface area (TPSA) is 128 Å². The van der Waals surface area contributed by atoms with Crippen LogP contribution in [-0.2, 0) is 14.8 Å². The standard InChI is InChI=1S/C19H23N3O7S/c1-4-21(5-2)30(26,27)16-8-6-7-14(11-16)20-19(23)13-29-18-12-15(22(24)25)9-10-17(18)28-3/h6-12H,4-5,13H2,1-3H3,(H,20,23). The third kappa shape index (κ3) is 5.45. The molecule has 1 amide bonds. The van der Waals surface area contributed by atoms with Crippen LogP contribution in [0, 0.1) is 10.1 Å². The number of sulfonamides is 1. The molecule has 0 aliphatic heterocycles. The summed E-state index contributed by atoms with van der Waals surface area (Å²) >= 11 is 0. The molecule has 0 unspecified atom stereocenters. The van der Waals surface area contributed by atoms with E-state index in [2.05, 4.69) is 5.32 Å². The first-order valence-electron chi connectivity index (χ1n) is 9.08. The third-order valence-electron chi connectivity index (χ3n) is 4.18. The van der Waals surface area contributed by atoms with Gasteiger partial charge >= 0.3 is 0 Å². The van der Waals surface area contributed by atoms with Crippen LogP contribution in [0.15, 0.2) is 47.4 Å². The molecule has 0 atom stereocenters. The van der Waals surface area contributed by atoms with Crippen molar-refractivity contribution in [1.82, 2.24) is 4.31 Å². The van der Waals surface area contributed by atoms with E-state index in [1.54, 1.807) is 19.9 Å². The molecule has 0 bridgehead atoms. The van der Waals surface area contributed by atoms with Crippen molar-refractivity contribution in [3.63, 3.8) is 0 Å². The molecule has 0 heterocycles. The van der Waals surface area contributed by atoms with Crippen molar-refractivity contribution >= 4 is 27.3 Å². The number of nitro benzene ring substituents is 1. The van der Waals surface area contributed by atoms with Crippen molar-refractivity contribution in [2.45, 2.75) is 18.7 Å². The highest BCUT2D eigenvalue weighted by Gasteiger charge is 2.22. The second kappa shape index (κ2) is 10.0. The Hall–Kier alpha value is -3.18. The molecule has 0 aromatic heterocycles. The summed E-state index contributed by atoms with van der Waals surface area (Å²) in [6.45, 7) is 3.69. The minimum absolute atomic E-state index is 0.0414. The van der Waals surface area contributed by atoms with Gasteiger partial charge in [-0.1, -0.05) is 19.9 Å². The summed E-state index contributed by atoms with van der Waals surface area (Å²) in [7, 11) is -2.30. The van der Waals surface area contributed by atoms with E-state index >= 15 is 0 Å². The van der Waals surface area contributed by atoms with Gasteiger partial charge in [0.25, 0.3) is 11.6 Å². The Kier molecular flexibility index (Phi) is 7.72. The zero-order valence-corrected chi connectivity index (χ0v) is 17.6. The molecule has 1 N–H and O–H groups in total. The van der Waals surface area contributed by atoms with Crippen molar-refractivity contribution in [1.29, 1.82) is 0 Å². The summed E-state index contributed by atoms with van der Waals surface area (Å²) in [5.74, 6) is -0.290. The molecule has 0 aliphatic carbocycles. The first-order chi connectivity index (χ1) is 14.2. The van der Waals surface area contributed by atoms with E-state index in [9.17, 15) is 23.3 Å². The van der Waals surface area contributed by atoms with Crippen LogP contribution >= 0.6 is 0 Å². The number of nitro groups is 1. The van der Waals surface area contributed by atoms with Crippen LogP contribution in [0.5, 0.6) is 11.5 Å². The van der Waals surface area contributed by atoms with Crippen molar-refractivity contribution < 1.29 is 27.6 Å². The van der Waals surface area contributed by atoms with Crippen LogP contribution in [0.4, 0.5) is 11.4 Å². The molecule has 0 saturated heterocycles. The first-order valence-corrected chi connectivity index (χ1v) is 10.5. The number of carbonyl (C=O) groups excluding carboxylic acids is 1. The monoisotopic (exact) mass is 437 g/mol. The number of anilines is 1. The van der Waals surface area contributed by atoms with Gasteiger partial charge in [0.1, 0.15) is 0 Å². The molecule has 0 aliphatic rings. The van der Waals surface area contributed by atoms with E-state index in [-0.39, 0.29) is 27.8 Å². The minimum atomic E-state index is -3.67. The molecule has 2 aromatic carbocycles. The van der Waals surface area contributed by atoms with Gasteiger partial charge in [0, 0.05) is 24.8 Å². The Bertz CT molecular complexity index is 1020. The smallest absolute Gasteiger partial charge is 0.273 e. The highest BCUT2D eigenvalue weighted by molar-refractivity contribution is 7.89. The highest BCUT2D eigenvalue weighted by atomic mass is 32.2. The number of amides is 1. The lowest BCUT2D eigenvalue weighted by Gasteiger charge is -2.19. The molecule has 0 fully saturated rings. The van der Waals surface area contributed by atoms with E-state index in [0.717, 1.165) is 6.07 Å². The van der Waals surface area contributed by atoms with Crippen LogP contribution < -0.4 is 14.8 Å². The minimum Gasteiger partial charge on any atom is -0.493 e. The molecule has 0 radical (unpaired) electrons. The lowest BCUT2D eigenvalue weighted by atomic mass is 10.3. The Morgan fingerprint density at radius 1 is 1.13 bits per heavy atom. The molecule has 0 spiro atoms. The quantitative estimate of drug-likeness (QED) is 0.447. The van der Waals surface area contributed by atoms with Gasteiger partial charge in [-0.05, 0) is 24.3 Å². The number of hydrogen-bond acceptors (Lipinski definition) is 7. The maximum Gasteiger partial charge on any atom is 0.273 e. The number of nitrogens with one attached hydrogen (secondary N) is 1. The SMILES string of the molecule is CCN(CC)S(=O)(=O)c1cccc(NC(=O)COc2cc([N+](=O)[O-])ccc2OC)c1. The van der Waals surface area contributed by atoms with Crippen LogP contribution in [0.2, 0.25) is 0 Å². The first kappa shape index (κ1) is 23.1. The lowest BCUT2D eigenvalue weighted by molar-refractivity contribution is -0.385. The van der Waals surface area contributed by atoms with E-state index in [1.807, 2.05) is 0 Å². The average Bonchev–Trinajstić information content (AvgIpc) is 2.72. The normalized spacial score (nSPS) is 11.2. The van der Waals surface area contributed by atoms with Gasteiger partial charge in [0.05, 0.1) is 23.0 Å². The molecule has 162 valence electrons.